The molecule has 1 amide bonds. The van der Waals surface area contributed by atoms with Gasteiger partial charge in [-0.25, -0.2) is 12.8 Å². The van der Waals surface area contributed by atoms with Gasteiger partial charge in [-0.2, -0.15) is 4.72 Å². The zero-order valence-electron chi connectivity index (χ0n) is 12.4. The van der Waals surface area contributed by atoms with E-state index in [1.165, 1.54) is 43.3 Å². The summed E-state index contributed by atoms with van der Waals surface area (Å²) in [4.78, 5) is 12.1. The normalized spacial score (nSPS) is 12.7. The molecule has 0 aliphatic heterocycles. The Bertz CT molecular complexity index is 858. The van der Waals surface area contributed by atoms with Crippen LogP contribution in [0.5, 0.6) is 0 Å². The molecule has 0 spiro atoms. The van der Waals surface area contributed by atoms with E-state index < -0.39 is 27.8 Å². The van der Waals surface area contributed by atoms with E-state index in [0.717, 1.165) is 6.07 Å². The predicted octanol–water partition coefficient (Wildman–Crippen LogP) is 3.44. The highest BCUT2D eigenvalue weighted by atomic mass is 35.5. The molecule has 1 unspecified atom stereocenters. The maximum atomic E-state index is 13.1. The van der Waals surface area contributed by atoms with Gasteiger partial charge in [0.1, 0.15) is 5.82 Å². The first-order chi connectivity index (χ1) is 11.2. The minimum Gasteiger partial charge on any atom is -0.325 e. The van der Waals surface area contributed by atoms with Gasteiger partial charge < -0.3 is 5.32 Å². The molecule has 2 N–H and O–H groups in total. The predicted molar refractivity (Wildman–Crippen MR) is 91.3 cm³/mol. The number of benzene rings is 2. The molecule has 0 heterocycles. The number of anilines is 1. The van der Waals surface area contributed by atoms with E-state index in [0.29, 0.717) is 5.02 Å². The summed E-state index contributed by atoms with van der Waals surface area (Å²) in [7, 11) is -3.88. The van der Waals surface area contributed by atoms with Gasteiger partial charge in [0.15, 0.2) is 0 Å². The second-order valence-corrected chi connectivity index (χ2v) is 7.47. The summed E-state index contributed by atoms with van der Waals surface area (Å²) >= 11 is 11.3. The fourth-order valence-electron chi connectivity index (χ4n) is 1.79. The third kappa shape index (κ3) is 4.67. The summed E-state index contributed by atoms with van der Waals surface area (Å²) in [6.45, 7) is 1.38. The first-order valence-electron chi connectivity index (χ1n) is 6.73. The second-order valence-electron chi connectivity index (χ2n) is 4.92. The third-order valence-electron chi connectivity index (χ3n) is 3.04. The fraction of sp³-hybridized carbons (Fsp3) is 0.133. The molecule has 0 bridgehead atoms. The maximum Gasteiger partial charge on any atom is 0.242 e. The van der Waals surface area contributed by atoms with E-state index in [9.17, 15) is 17.6 Å². The molecule has 1 atom stereocenters. The smallest absolute Gasteiger partial charge is 0.242 e. The van der Waals surface area contributed by atoms with E-state index >= 15 is 0 Å². The Balaban J connectivity index is 2.07. The molecule has 0 saturated carbocycles. The van der Waals surface area contributed by atoms with Crippen LogP contribution in [0, 0.1) is 5.82 Å². The summed E-state index contributed by atoms with van der Waals surface area (Å²) in [5.74, 6) is -1.23. The lowest BCUT2D eigenvalue weighted by molar-refractivity contribution is -0.117. The largest absolute Gasteiger partial charge is 0.325 e. The Morgan fingerprint density at radius 3 is 2.33 bits per heavy atom. The topological polar surface area (TPSA) is 75.3 Å². The summed E-state index contributed by atoms with van der Waals surface area (Å²) in [5.41, 5.74) is 0.254. The third-order valence-corrected chi connectivity index (χ3v) is 5.13. The van der Waals surface area contributed by atoms with Gasteiger partial charge in [0.2, 0.25) is 15.9 Å². The molecule has 0 aliphatic carbocycles. The monoisotopic (exact) mass is 390 g/mol. The van der Waals surface area contributed by atoms with Crippen molar-refractivity contribution in [3.05, 3.63) is 58.3 Å². The number of hydrogen-bond donors (Lipinski definition) is 2. The zero-order valence-corrected chi connectivity index (χ0v) is 14.7. The van der Waals surface area contributed by atoms with Gasteiger partial charge in [-0.3, -0.25) is 4.79 Å². The maximum absolute atomic E-state index is 13.1. The molecule has 2 rings (SSSR count). The van der Waals surface area contributed by atoms with Crippen LogP contribution in [0.25, 0.3) is 0 Å². The summed E-state index contributed by atoms with van der Waals surface area (Å²) < 4.78 is 39.7. The van der Waals surface area contributed by atoms with E-state index in [4.69, 9.17) is 23.2 Å². The number of sulfonamides is 1. The van der Waals surface area contributed by atoms with Crippen LogP contribution in [0.4, 0.5) is 10.1 Å². The molecule has 0 aromatic heterocycles. The molecular weight excluding hydrogens is 378 g/mol. The number of halogens is 3. The van der Waals surface area contributed by atoms with Crippen molar-refractivity contribution < 1.29 is 17.6 Å². The molecule has 5 nitrogen and oxygen atoms in total. The van der Waals surface area contributed by atoms with Crippen molar-refractivity contribution in [2.45, 2.75) is 17.9 Å². The lowest BCUT2D eigenvalue weighted by Crippen LogP contribution is -2.41. The van der Waals surface area contributed by atoms with Crippen LogP contribution in [-0.4, -0.2) is 20.4 Å². The van der Waals surface area contributed by atoms with E-state index in [1.807, 2.05) is 0 Å². The molecular formula is C15H13Cl2FN2O3S. The number of carbonyl (C=O) groups excluding carboxylic acids is 1. The quantitative estimate of drug-likeness (QED) is 0.820. The van der Waals surface area contributed by atoms with E-state index in [-0.39, 0.29) is 15.6 Å². The van der Waals surface area contributed by atoms with Crippen molar-refractivity contribution >= 4 is 44.8 Å². The Kier molecular flexibility index (Phi) is 5.82. The van der Waals surface area contributed by atoms with Crippen molar-refractivity contribution in [2.24, 2.45) is 0 Å². The Labute approximate surface area is 148 Å². The lowest BCUT2D eigenvalue weighted by atomic mass is 10.3. The second kappa shape index (κ2) is 7.48. The van der Waals surface area contributed by atoms with Gasteiger partial charge in [-0.05, 0) is 49.4 Å². The highest BCUT2D eigenvalue weighted by Crippen LogP contribution is 2.19. The minimum absolute atomic E-state index is 0.0172. The first-order valence-corrected chi connectivity index (χ1v) is 8.97. The average molecular weight is 391 g/mol. The number of amides is 1. The molecule has 2 aromatic rings. The van der Waals surface area contributed by atoms with Crippen LogP contribution in [0.2, 0.25) is 10.0 Å². The Morgan fingerprint density at radius 1 is 1.12 bits per heavy atom. The van der Waals surface area contributed by atoms with Crippen molar-refractivity contribution in [1.29, 1.82) is 0 Å². The van der Waals surface area contributed by atoms with Crippen LogP contribution in [-0.2, 0) is 14.8 Å². The van der Waals surface area contributed by atoms with E-state index in [2.05, 4.69) is 10.0 Å². The summed E-state index contributed by atoms with van der Waals surface area (Å²) in [6, 6.07) is 8.11. The van der Waals surface area contributed by atoms with Gasteiger partial charge in [0, 0.05) is 10.7 Å². The Hall–Kier alpha value is -1.67. The van der Waals surface area contributed by atoms with Gasteiger partial charge in [0.25, 0.3) is 0 Å². The van der Waals surface area contributed by atoms with Crippen molar-refractivity contribution in [2.75, 3.05) is 5.32 Å². The number of nitrogens with one attached hydrogen (secondary N) is 2. The lowest BCUT2D eigenvalue weighted by Gasteiger charge is -2.14. The molecule has 0 aliphatic rings. The summed E-state index contributed by atoms with van der Waals surface area (Å²) in [6.07, 6.45) is 0. The van der Waals surface area contributed by atoms with Gasteiger partial charge >= 0.3 is 0 Å². The summed E-state index contributed by atoms with van der Waals surface area (Å²) in [5, 5.41) is 2.70. The van der Waals surface area contributed by atoms with Crippen LogP contribution in [0.1, 0.15) is 6.92 Å². The number of rotatable bonds is 5. The van der Waals surface area contributed by atoms with Gasteiger partial charge in [0.05, 0.1) is 16.0 Å². The fourth-order valence-corrected chi connectivity index (χ4v) is 3.30. The van der Waals surface area contributed by atoms with E-state index in [1.54, 1.807) is 0 Å². The molecule has 0 saturated heterocycles. The number of carbonyl (C=O) groups is 1. The molecule has 2 aromatic carbocycles. The molecule has 24 heavy (non-hydrogen) atoms. The highest BCUT2D eigenvalue weighted by Gasteiger charge is 2.22. The highest BCUT2D eigenvalue weighted by molar-refractivity contribution is 7.89. The average Bonchev–Trinajstić information content (AvgIpc) is 2.51. The van der Waals surface area contributed by atoms with Crippen molar-refractivity contribution in [3.8, 4) is 0 Å². The molecule has 0 fully saturated rings. The standard InChI is InChI=1S/C15H13Cl2FN2O3S/c1-9(15(21)19-11-4-7-14(18)13(17)8-11)20-24(22,23)12-5-2-10(16)3-6-12/h2-9,20H,1H3,(H,19,21). The van der Waals surface area contributed by atoms with Crippen LogP contribution in [0.15, 0.2) is 47.4 Å². The van der Waals surface area contributed by atoms with Crippen LogP contribution in [0.3, 0.4) is 0 Å². The first kappa shape index (κ1) is 18.7. The van der Waals surface area contributed by atoms with Crippen LogP contribution < -0.4 is 10.0 Å². The minimum atomic E-state index is -3.88. The molecule has 0 radical (unpaired) electrons. The molecule has 9 heteroatoms. The van der Waals surface area contributed by atoms with Gasteiger partial charge in [-0.15, -0.1) is 0 Å². The van der Waals surface area contributed by atoms with Gasteiger partial charge in [-0.1, -0.05) is 23.2 Å². The molecule has 128 valence electrons. The van der Waals surface area contributed by atoms with Crippen LogP contribution >= 0.6 is 23.2 Å². The Morgan fingerprint density at radius 2 is 1.75 bits per heavy atom. The number of hydrogen-bond acceptors (Lipinski definition) is 3. The zero-order chi connectivity index (χ0) is 17.9. The van der Waals surface area contributed by atoms with Crippen molar-refractivity contribution in [3.63, 3.8) is 0 Å². The van der Waals surface area contributed by atoms with Crippen molar-refractivity contribution in [1.82, 2.24) is 4.72 Å². The SMILES string of the molecule is CC(NS(=O)(=O)c1ccc(Cl)cc1)C(=O)Nc1ccc(F)c(Cl)c1.